The normalized spacial score (nSPS) is 14.4. The molecule has 0 radical (unpaired) electrons. The summed E-state index contributed by atoms with van der Waals surface area (Å²) >= 11 is 5.98. The summed E-state index contributed by atoms with van der Waals surface area (Å²) in [5, 5.41) is 11.2. The number of nitrogens with one attached hydrogen (secondary N) is 2. The van der Waals surface area contributed by atoms with E-state index in [0.717, 1.165) is 25.1 Å². The molecule has 0 unspecified atom stereocenters. The number of amides is 1. The van der Waals surface area contributed by atoms with E-state index in [0.29, 0.717) is 48.4 Å². The van der Waals surface area contributed by atoms with Gasteiger partial charge in [-0.25, -0.2) is 0 Å². The molecule has 0 saturated carbocycles. The smallest absolute Gasteiger partial charge is 0.261 e. The van der Waals surface area contributed by atoms with Crippen LogP contribution in [0.15, 0.2) is 28.8 Å². The number of nitrogens with zero attached hydrogens (tertiary/aromatic N) is 2. The lowest BCUT2D eigenvalue weighted by molar-refractivity contribution is 0.0767. The van der Waals surface area contributed by atoms with Crippen molar-refractivity contribution in [2.75, 3.05) is 51.8 Å². The van der Waals surface area contributed by atoms with Crippen LogP contribution in [0.4, 0.5) is 5.82 Å². The molecule has 3 rings (SSSR count). The SMILES string of the molecule is COCCNc1noc(-c2ccc(Cl)cc2)c1C(=O)N1CCCNCC1.Cl. The van der Waals surface area contributed by atoms with Gasteiger partial charge in [-0.2, -0.15) is 0 Å². The molecule has 2 N–H and O–H groups in total. The molecular formula is C18H24Cl2N4O3. The van der Waals surface area contributed by atoms with Gasteiger partial charge in [-0.05, 0) is 37.2 Å². The van der Waals surface area contributed by atoms with Gasteiger partial charge in [-0.15, -0.1) is 12.4 Å². The molecule has 7 nitrogen and oxygen atoms in total. The standard InChI is InChI=1S/C18H23ClN4O3.ClH/c1-25-12-9-21-17-15(18(24)23-10-2-7-20-8-11-23)16(26-22-17)13-3-5-14(19)6-4-13;/h3-6,20H,2,7-12H2,1H3,(H,21,22);1H. The third-order valence-corrected chi connectivity index (χ3v) is 4.49. The van der Waals surface area contributed by atoms with Crippen molar-refractivity contribution in [1.82, 2.24) is 15.4 Å². The fourth-order valence-corrected chi connectivity index (χ4v) is 3.01. The number of hydrogen-bond acceptors (Lipinski definition) is 6. The van der Waals surface area contributed by atoms with E-state index in [-0.39, 0.29) is 18.3 Å². The fourth-order valence-electron chi connectivity index (χ4n) is 2.89. The second kappa shape index (κ2) is 10.5. The van der Waals surface area contributed by atoms with Crippen LogP contribution in [-0.2, 0) is 4.74 Å². The molecular weight excluding hydrogens is 391 g/mol. The third kappa shape index (κ3) is 5.35. The van der Waals surface area contributed by atoms with Crippen LogP contribution in [0.2, 0.25) is 5.02 Å². The maximum absolute atomic E-state index is 13.2. The molecule has 27 heavy (non-hydrogen) atoms. The minimum atomic E-state index is -0.0835. The Kier molecular flexibility index (Phi) is 8.37. The topological polar surface area (TPSA) is 79.6 Å². The average molecular weight is 415 g/mol. The van der Waals surface area contributed by atoms with Gasteiger partial charge in [0.15, 0.2) is 11.6 Å². The maximum Gasteiger partial charge on any atom is 0.261 e. The van der Waals surface area contributed by atoms with Crippen molar-refractivity contribution >= 4 is 35.7 Å². The first-order valence-corrected chi connectivity index (χ1v) is 9.07. The summed E-state index contributed by atoms with van der Waals surface area (Å²) < 4.78 is 10.6. The van der Waals surface area contributed by atoms with Crippen molar-refractivity contribution < 1.29 is 14.1 Å². The summed E-state index contributed by atoms with van der Waals surface area (Å²) in [5.41, 5.74) is 1.21. The van der Waals surface area contributed by atoms with Gasteiger partial charge in [-0.1, -0.05) is 16.8 Å². The molecule has 0 spiro atoms. The lowest BCUT2D eigenvalue weighted by Crippen LogP contribution is -2.34. The zero-order valence-corrected chi connectivity index (χ0v) is 16.7. The Hall–Kier alpha value is -1.80. The number of hydrogen-bond donors (Lipinski definition) is 2. The summed E-state index contributed by atoms with van der Waals surface area (Å²) in [7, 11) is 1.62. The molecule has 9 heteroatoms. The molecule has 1 aromatic carbocycles. The van der Waals surface area contributed by atoms with Crippen molar-refractivity contribution in [3.63, 3.8) is 0 Å². The highest BCUT2D eigenvalue weighted by Crippen LogP contribution is 2.31. The number of rotatable bonds is 6. The van der Waals surface area contributed by atoms with Crippen LogP contribution in [-0.4, -0.2) is 62.4 Å². The van der Waals surface area contributed by atoms with Crippen LogP contribution in [0.1, 0.15) is 16.8 Å². The molecule has 2 heterocycles. The number of halogens is 2. The Balaban J connectivity index is 0.00000261. The molecule has 0 aliphatic carbocycles. The number of carbonyl (C=O) groups excluding carboxylic acids is 1. The van der Waals surface area contributed by atoms with E-state index >= 15 is 0 Å². The molecule has 0 atom stereocenters. The first-order chi connectivity index (χ1) is 12.7. The van der Waals surface area contributed by atoms with Crippen LogP contribution in [0, 0.1) is 0 Å². The van der Waals surface area contributed by atoms with E-state index in [1.165, 1.54) is 0 Å². The Morgan fingerprint density at radius 1 is 1.33 bits per heavy atom. The Morgan fingerprint density at radius 3 is 2.85 bits per heavy atom. The minimum absolute atomic E-state index is 0. The van der Waals surface area contributed by atoms with E-state index in [4.69, 9.17) is 20.9 Å². The monoisotopic (exact) mass is 414 g/mol. The lowest BCUT2D eigenvalue weighted by Gasteiger charge is -2.20. The van der Waals surface area contributed by atoms with E-state index in [1.54, 1.807) is 19.2 Å². The number of methoxy groups -OCH3 is 1. The number of benzene rings is 1. The van der Waals surface area contributed by atoms with E-state index < -0.39 is 0 Å². The van der Waals surface area contributed by atoms with Crippen molar-refractivity contribution in [3.8, 4) is 11.3 Å². The van der Waals surface area contributed by atoms with Gasteiger partial charge < -0.3 is 24.8 Å². The zero-order valence-electron chi connectivity index (χ0n) is 15.2. The van der Waals surface area contributed by atoms with Crippen molar-refractivity contribution in [3.05, 3.63) is 34.9 Å². The number of anilines is 1. The number of aromatic nitrogens is 1. The van der Waals surface area contributed by atoms with E-state index in [2.05, 4.69) is 15.8 Å². The molecule has 1 fully saturated rings. The average Bonchev–Trinajstić information content (AvgIpc) is 2.88. The van der Waals surface area contributed by atoms with Gasteiger partial charge in [0, 0.05) is 43.9 Å². The number of ether oxygens (including phenoxy) is 1. The van der Waals surface area contributed by atoms with Gasteiger partial charge in [0.25, 0.3) is 5.91 Å². The summed E-state index contributed by atoms with van der Waals surface area (Å²) in [4.78, 5) is 15.1. The van der Waals surface area contributed by atoms with Crippen LogP contribution in [0.25, 0.3) is 11.3 Å². The third-order valence-electron chi connectivity index (χ3n) is 4.24. The second-order valence-corrected chi connectivity index (χ2v) is 6.49. The Bertz CT molecular complexity index is 729. The Morgan fingerprint density at radius 2 is 2.11 bits per heavy atom. The van der Waals surface area contributed by atoms with Gasteiger partial charge in [0.1, 0.15) is 5.56 Å². The van der Waals surface area contributed by atoms with E-state index in [1.807, 2.05) is 17.0 Å². The molecule has 1 aliphatic heterocycles. The van der Waals surface area contributed by atoms with Crippen molar-refractivity contribution in [1.29, 1.82) is 0 Å². The van der Waals surface area contributed by atoms with Crippen molar-refractivity contribution in [2.24, 2.45) is 0 Å². The predicted octanol–water partition coefficient (Wildman–Crippen LogP) is 2.91. The van der Waals surface area contributed by atoms with Gasteiger partial charge >= 0.3 is 0 Å². The zero-order chi connectivity index (χ0) is 18.4. The first-order valence-electron chi connectivity index (χ1n) is 8.69. The Labute approximate surface area is 169 Å². The van der Waals surface area contributed by atoms with Gasteiger partial charge in [0.05, 0.1) is 6.61 Å². The summed E-state index contributed by atoms with van der Waals surface area (Å²) in [5.74, 6) is 0.804. The van der Waals surface area contributed by atoms with Gasteiger partial charge in [0.2, 0.25) is 0 Å². The molecule has 1 amide bonds. The van der Waals surface area contributed by atoms with Crippen LogP contribution >= 0.6 is 24.0 Å². The predicted molar refractivity (Wildman–Crippen MR) is 108 cm³/mol. The highest BCUT2D eigenvalue weighted by Gasteiger charge is 2.28. The van der Waals surface area contributed by atoms with E-state index in [9.17, 15) is 4.79 Å². The van der Waals surface area contributed by atoms with Crippen LogP contribution in [0.5, 0.6) is 0 Å². The van der Waals surface area contributed by atoms with Crippen LogP contribution in [0.3, 0.4) is 0 Å². The quantitative estimate of drug-likeness (QED) is 0.707. The first kappa shape index (κ1) is 21.5. The molecule has 2 aromatic rings. The molecule has 1 saturated heterocycles. The second-order valence-electron chi connectivity index (χ2n) is 6.06. The number of carbonyl (C=O) groups is 1. The lowest BCUT2D eigenvalue weighted by atomic mass is 10.1. The highest BCUT2D eigenvalue weighted by atomic mass is 35.5. The summed E-state index contributed by atoms with van der Waals surface area (Å²) in [6.45, 7) is 4.08. The summed E-state index contributed by atoms with van der Waals surface area (Å²) in [6, 6.07) is 7.17. The highest BCUT2D eigenvalue weighted by molar-refractivity contribution is 6.30. The largest absolute Gasteiger partial charge is 0.383 e. The molecule has 148 valence electrons. The fraction of sp³-hybridized carbons (Fsp3) is 0.444. The molecule has 0 bridgehead atoms. The maximum atomic E-state index is 13.2. The minimum Gasteiger partial charge on any atom is -0.383 e. The molecule has 1 aliphatic rings. The van der Waals surface area contributed by atoms with Crippen LogP contribution < -0.4 is 10.6 Å². The molecule has 1 aromatic heterocycles. The van der Waals surface area contributed by atoms with Gasteiger partial charge in [-0.3, -0.25) is 4.79 Å². The van der Waals surface area contributed by atoms with Crippen molar-refractivity contribution in [2.45, 2.75) is 6.42 Å². The summed E-state index contributed by atoms with van der Waals surface area (Å²) in [6.07, 6.45) is 0.916.